The van der Waals surface area contributed by atoms with Gasteiger partial charge in [-0.25, -0.2) is 0 Å². The molecule has 1 aliphatic rings. The van der Waals surface area contributed by atoms with Crippen LogP contribution in [0.15, 0.2) is 10.7 Å². The highest BCUT2D eigenvalue weighted by Gasteiger charge is 2.19. The second-order valence-electron chi connectivity index (χ2n) is 3.68. The molecule has 2 heterocycles. The Labute approximate surface area is 87.8 Å². The van der Waals surface area contributed by atoms with Crippen molar-refractivity contribution in [1.29, 1.82) is 0 Å². The molecule has 1 atom stereocenters. The van der Waals surface area contributed by atoms with E-state index in [-0.39, 0.29) is 17.8 Å². The van der Waals surface area contributed by atoms with Gasteiger partial charge in [0.25, 0.3) is 5.91 Å². The van der Waals surface area contributed by atoms with E-state index in [4.69, 9.17) is 9.26 Å². The van der Waals surface area contributed by atoms with Crippen LogP contribution < -0.4 is 5.32 Å². The Morgan fingerprint density at radius 3 is 3.20 bits per heavy atom. The first-order chi connectivity index (χ1) is 7.27. The lowest BCUT2D eigenvalue weighted by Gasteiger charge is -2.09. The molecule has 2 rings (SSSR count). The number of nitrogens with zero attached hydrogens (tertiary/aromatic N) is 1. The average molecular weight is 210 g/mol. The minimum absolute atomic E-state index is 0.150. The minimum atomic E-state index is -0.222. The van der Waals surface area contributed by atoms with Crippen LogP contribution >= 0.6 is 0 Å². The Morgan fingerprint density at radius 2 is 2.60 bits per heavy atom. The molecule has 1 aromatic heterocycles. The van der Waals surface area contributed by atoms with E-state index in [2.05, 4.69) is 10.5 Å². The maximum atomic E-state index is 11.6. The Balaban J connectivity index is 1.84. The van der Waals surface area contributed by atoms with E-state index in [1.807, 2.05) is 0 Å². The summed E-state index contributed by atoms with van der Waals surface area (Å²) in [7, 11) is 0. The molecule has 1 amide bonds. The molecule has 0 saturated carbocycles. The summed E-state index contributed by atoms with van der Waals surface area (Å²) in [6, 6.07) is 0. The maximum absolute atomic E-state index is 11.6. The SMILES string of the molecule is Cc1cnoc1C(=O)NCC1CCCO1. The number of amides is 1. The standard InChI is InChI=1S/C10H14N2O3/c1-7-5-12-15-9(7)10(13)11-6-8-3-2-4-14-8/h5,8H,2-4,6H2,1H3,(H,11,13). The monoisotopic (exact) mass is 210 g/mol. The van der Waals surface area contributed by atoms with Crippen LogP contribution in [0.25, 0.3) is 0 Å². The van der Waals surface area contributed by atoms with Gasteiger partial charge in [0.1, 0.15) is 0 Å². The van der Waals surface area contributed by atoms with Crippen LogP contribution in [0.2, 0.25) is 0 Å². The molecule has 0 aromatic carbocycles. The van der Waals surface area contributed by atoms with Crippen molar-refractivity contribution in [3.05, 3.63) is 17.5 Å². The highest BCUT2D eigenvalue weighted by Crippen LogP contribution is 2.11. The molecule has 5 heteroatoms. The largest absolute Gasteiger partial charge is 0.376 e. The Morgan fingerprint density at radius 1 is 1.73 bits per heavy atom. The second-order valence-corrected chi connectivity index (χ2v) is 3.68. The zero-order valence-corrected chi connectivity index (χ0v) is 8.66. The van der Waals surface area contributed by atoms with Gasteiger partial charge in [-0.15, -0.1) is 0 Å². The molecule has 0 radical (unpaired) electrons. The van der Waals surface area contributed by atoms with Crippen LogP contribution in [0.5, 0.6) is 0 Å². The molecular weight excluding hydrogens is 196 g/mol. The van der Waals surface area contributed by atoms with Crippen molar-refractivity contribution in [2.75, 3.05) is 13.2 Å². The van der Waals surface area contributed by atoms with Crippen molar-refractivity contribution in [1.82, 2.24) is 10.5 Å². The van der Waals surface area contributed by atoms with Crippen LogP contribution in [0.1, 0.15) is 29.0 Å². The number of hydrogen-bond acceptors (Lipinski definition) is 4. The number of carbonyl (C=O) groups excluding carboxylic acids is 1. The predicted molar refractivity (Wildman–Crippen MR) is 52.5 cm³/mol. The summed E-state index contributed by atoms with van der Waals surface area (Å²) in [6.45, 7) is 3.12. The van der Waals surface area contributed by atoms with Crippen molar-refractivity contribution < 1.29 is 14.1 Å². The summed E-state index contributed by atoms with van der Waals surface area (Å²) in [5.74, 6) is 0.0634. The van der Waals surface area contributed by atoms with Gasteiger partial charge in [0.15, 0.2) is 0 Å². The number of aromatic nitrogens is 1. The van der Waals surface area contributed by atoms with E-state index in [9.17, 15) is 4.79 Å². The first-order valence-electron chi connectivity index (χ1n) is 5.08. The van der Waals surface area contributed by atoms with Gasteiger partial charge in [-0.05, 0) is 19.8 Å². The molecule has 1 N–H and O–H groups in total. The van der Waals surface area contributed by atoms with Crippen LogP contribution in [-0.4, -0.2) is 30.3 Å². The number of carbonyl (C=O) groups is 1. The highest BCUT2D eigenvalue weighted by molar-refractivity contribution is 5.92. The lowest BCUT2D eigenvalue weighted by molar-refractivity contribution is 0.0827. The lowest BCUT2D eigenvalue weighted by atomic mass is 10.2. The number of aryl methyl sites for hydroxylation is 1. The zero-order chi connectivity index (χ0) is 10.7. The first kappa shape index (κ1) is 10.2. The molecule has 82 valence electrons. The van der Waals surface area contributed by atoms with E-state index in [1.165, 1.54) is 6.20 Å². The molecule has 1 fully saturated rings. The quantitative estimate of drug-likeness (QED) is 0.804. The van der Waals surface area contributed by atoms with Gasteiger partial charge in [-0.2, -0.15) is 0 Å². The fourth-order valence-corrected chi connectivity index (χ4v) is 1.60. The van der Waals surface area contributed by atoms with Crippen LogP contribution in [0, 0.1) is 6.92 Å². The van der Waals surface area contributed by atoms with E-state index in [0.29, 0.717) is 6.54 Å². The number of ether oxygens (including phenoxy) is 1. The first-order valence-corrected chi connectivity index (χ1v) is 5.08. The maximum Gasteiger partial charge on any atom is 0.290 e. The lowest BCUT2D eigenvalue weighted by Crippen LogP contribution is -2.31. The molecule has 1 unspecified atom stereocenters. The van der Waals surface area contributed by atoms with Crippen molar-refractivity contribution in [2.24, 2.45) is 0 Å². The van der Waals surface area contributed by atoms with Gasteiger partial charge < -0.3 is 14.6 Å². The summed E-state index contributed by atoms with van der Waals surface area (Å²) < 4.78 is 10.2. The van der Waals surface area contributed by atoms with Crippen LogP contribution in [0.4, 0.5) is 0 Å². The number of rotatable bonds is 3. The van der Waals surface area contributed by atoms with Gasteiger partial charge in [0, 0.05) is 18.7 Å². The summed E-state index contributed by atoms with van der Waals surface area (Å²) in [5.41, 5.74) is 0.750. The fourth-order valence-electron chi connectivity index (χ4n) is 1.60. The molecule has 1 aliphatic heterocycles. The normalized spacial score (nSPS) is 20.5. The van der Waals surface area contributed by atoms with Crippen molar-refractivity contribution in [3.8, 4) is 0 Å². The second kappa shape index (κ2) is 4.44. The van der Waals surface area contributed by atoms with Gasteiger partial charge >= 0.3 is 0 Å². The molecule has 0 aliphatic carbocycles. The third-order valence-electron chi connectivity index (χ3n) is 2.47. The average Bonchev–Trinajstić information content (AvgIpc) is 2.84. The van der Waals surface area contributed by atoms with Crippen molar-refractivity contribution in [3.63, 3.8) is 0 Å². The van der Waals surface area contributed by atoms with Crippen molar-refractivity contribution in [2.45, 2.75) is 25.9 Å². The summed E-state index contributed by atoms with van der Waals surface area (Å²) in [6.07, 6.45) is 3.76. The molecule has 15 heavy (non-hydrogen) atoms. The van der Waals surface area contributed by atoms with E-state index < -0.39 is 0 Å². The van der Waals surface area contributed by atoms with Crippen LogP contribution in [0.3, 0.4) is 0 Å². The smallest absolute Gasteiger partial charge is 0.290 e. The molecule has 1 aromatic rings. The van der Waals surface area contributed by atoms with Gasteiger partial charge in [-0.1, -0.05) is 5.16 Å². The predicted octanol–water partition coefficient (Wildman–Crippen LogP) is 0.892. The van der Waals surface area contributed by atoms with Crippen molar-refractivity contribution >= 4 is 5.91 Å². The number of nitrogens with one attached hydrogen (secondary N) is 1. The third kappa shape index (κ3) is 2.36. The summed E-state index contributed by atoms with van der Waals surface area (Å²) in [5, 5.41) is 6.33. The van der Waals surface area contributed by atoms with Gasteiger partial charge in [0.05, 0.1) is 12.3 Å². The zero-order valence-electron chi connectivity index (χ0n) is 8.66. The Bertz CT molecular complexity index is 342. The third-order valence-corrected chi connectivity index (χ3v) is 2.47. The fraction of sp³-hybridized carbons (Fsp3) is 0.600. The molecule has 5 nitrogen and oxygen atoms in total. The Hall–Kier alpha value is -1.36. The highest BCUT2D eigenvalue weighted by atomic mass is 16.5. The van der Waals surface area contributed by atoms with Gasteiger partial charge in [-0.3, -0.25) is 4.79 Å². The van der Waals surface area contributed by atoms with Gasteiger partial charge in [0.2, 0.25) is 5.76 Å². The molecule has 0 bridgehead atoms. The molecule has 1 saturated heterocycles. The van der Waals surface area contributed by atoms with Crippen LogP contribution in [-0.2, 0) is 4.74 Å². The molecule has 0 spiro atoms. The number of hydrogen-bond donors (Lipinski definition) is 1. The topological polar surface area (TPSA) is 64.4 Å². The Kier molecular flexibility index (Phi) is 3.01. The van der Waals surface area contributed by atoms with E-state index in [1.54, 1.807) is 6.92 Å². The molecular formula is C10H14N2O3. The minimum Gasteiger partial charge on any atom is -0.376 e. The summed E-state index contributed by atoms with van der Waals surface area (Å²) in [4.78, 5) is 11.6. The van der Waals surface area contributed by atoms with E-state index in [0.717, 1.165) is 25.0 Å². The summed E-state index contributed by atoms with van der Waals surface area (Å²) >= 11 is 0. The van der Waals surface area contributed by atoms with E-state index >= 15 is 0 Å².